The number of likely N-dealkylation sites (N-methyl/N-ethyl adjacent to an activating group) is 1. The lowest BCUT2D eigenvalue weighted by molar-refractivity contribution is 0.0904. The van der Waals surface area contributed by atoms with Crippen LogP contribution in [0.3, 0.4) is 0 Å². The molecule has 0 aliphatic heterocycles. The molecule has 0 bridgehead atoms. The van der Waals surface area contributed by atoms with Crippen molar-refractivity contribution in [3.05, 3.63) is 76.9 Å². The minimum Gasteiger partial charge on any atom is -0.347 e. The van der Waals surface area contributed by atoms with E-state index >= 15 is 0 Å². The lowest BCUT2D eigenvalue weighted by Gasteiger charge is -2.20. The van der Waals surface area contributed by atoms with Gasteiger partial charge < -0.3 is 9.84 Å². The molecule has 0 aliphatic rings. The van der Waals surface area contributed by atoms with Crippen molar-refractivity contribution in [2.24, 2.45) is 0 Å². The van der Waals surface area contributed by atoms with Crippen molar-refractivity contribution < 1.29 is 17.7 Å². The zero-order chi connectivity index (χ0) is 22.3. The Morgan fingerprint density at radius 2 is 1.84 bits per heavy atom. The van der Waals surface area contributed by atoms with Crippen LogP contribution in [0.15, 0.2) is 64.0 Å². The van der Waals surface area contributed by atoms with E-state index < -0.39 is 21.5 Å². The second-order valence-electron chi connectivity index (χ2n) is 6.84. The van der Waals surface area contributed by atoms with Gasteiger partial charge in [0.1, 0.15) is 5.75 Å². The van der Waals surface area contributed by atoms with Crippen LogP contribution in [0.2, 0.25) is 5.02 Å². The van der Waals surface area contributed by atoms with Gasteiger partial charge in [-0.2, -0.15) is 4.98 Å². The van der Waals surface area contributed by atoms with Gasteiger partial charge in [0.2, 0.25) is 0 Å². The summed E-state index contributed by atoms with van der Waals surface area (Å²) in [6.07, 6.45) is 0. The number of rotatable bonds is 10. The molecule has 31 heavy (non-hydrogen) atoms. The number of nitrogens with one attached hydrogen (secondary N) is 1. The molecule has 0 spiro atoms. The molecule has 0 atom stereocenters. The molecule has 164 valence electrons. The van der Waals surface area contributed by atoms with Crippen molar-refractivity contribution >= 4 is 27.3 Å². The number of carbonyl (C=O) groups excluding carboxylic acids is 1. The van der Waals surface area contributed by atoms with Gasteiger partial charge in [-0.05, 0) is 36.4 Å². The van der Waals surface area contributed by atoms with Gasteiger partial charge in [0.15, 0.2) is 15.7 Å². The number of sulfone groups is 1. The fraction of sp³-hybridized carbons (Fsp3) is 0.286. The molecule has 0 saturated carbocycles. The Balaban J connectivity index is 1.52. The molecule has 1 N–H and O–H groups in total. The third kappa shape index (κ3) is 6.61. The number of hydrogen-bond acceptors (Lipinski definition) is 7. The van der Waals surface area contributed by atoms with E-state index in [2.05, 4.69) is 39.4 Å². The molecule has 0 unspecified atom stereocenters. The van der Waals surface area contributed by atoms with Crippen LogP contribution < -0.4 is 5.32 Å². The van der Waals surface area contributed by atoms with Crippen molar-refractivity contribution in [3.63, 3.8) is 0 Å². The third-order valence-electron chi connectivity index (χ3n) is 4.56. The molecule has 10 heteroatoms. The third-order valence-corrected chi connectivity index (χ3v) is 6.44. The molecule has 1 aromatic heterocycles. The first-order valence-corrected chi connectivity index (χ1v) is 11.8. The molecule has 8 nitrogen and oxygen atoms in total. The maximum Gasteiger partial charge on any atom is 0.315 e. The molecular weight excluding hydrogens is 440 g/mol. The van der Waals surface area contributed by atoms with Crippen molar-refractivity contribution in [1.29, 1.82) is 0 Å². The van der Waals surface area contributed by atoms with E-state index in [9.17, 15) is 13.2 Å². The van der Waals surface area contributed by atoms with Crippen LogP contribution in [0.1, 0.15) is 29.0 Å². The Bertz CT molecular complexity index is 1100. The van der Waals surface area contributed by atoms with E-state index in [-0.39, 0.29) is 16.6 Å². The van der Waals surface area contributed by atoms with Gasteiger partial charge in [0.05, 0.1) is 4.90 Å². The fourth-order valence-electron chi connectivity index (χ4n) is 2.89. The highest BCUT2D eigenvalue weighted by molar-refractivity contribution is 7.90. The van der Waals surface area contributed by atoms with E-state index in [0.717, 1.165) is 13.1 Å². The van der Waals surface area contributed by atoms with Crippen LogP contribution >= 0.6 is 11.6 Å². The number of halogens is 1. The normalized spacial score (nSPS) is 11.6. The second kappa shape index (κ2) is 10.5. The summed E-state index contributed by atoms with van der Waals surface area (Å²) in [5.41, 5.74) is 1.19. The highest BCUT2D eigenvalue weighted by Crippen LogP contribution is 2.18. The van der Waals surface area contributed by atoms with E-state index in [1.807, 2.05) is 18.2 Å². The van der Waals surface area contributed by atoms with Crippen molar-refractivity contribution in [3.8, 4) is 0 Å². The minimum atomic E-state index is -3.69. The van der Waals surface area contributed by atoms with Crippen molar-refractivity contribution in [2.45, 2.75) is 24.1 Å². The van der Waals surface area contributed by atoms with Crippen LogP contribution in [0.25, 0.3) is 0 Å². The maximum absolute atomic E-state index is 12.5. The lowest BCUT2D eigenvalue weighted by Crippen LogP contribution is -2.34. The van der Waals surface area contributed by atoms with E-state index in [1.54, 1.807) is 0 Å². The monoisotopic (exact) mass is 462 g/mol. The number of carbonyl (C=O) groups is 1. The van der Waals surface area contributed by atoms with E-state index in [4.69, 9.17) is 16.1 Å². The topological polar surface area (TPSA) is 105 Å². The standard InChI is InChI=1S/C21H23ClN4O4S/c1-2-26(14-16-6-4-3-5-7-16)13-12-23-20(27)21-24-19(25-30-21)15-31(28,29)18-10-8-17(22)9-11-18/h3-11H,2,12-15H2,1H3,(H,23,27). The van der Waals surface area contributed by atoms with Crippen LogP contribution in [-0.2, 0) is 22.1 Å². The number of benzene rings is 2. The Kier molecular flexibility index (Phi) is 7.78. The quantitative estimate of drug-likeness (QED) is 0.493. The summed E-state index contributed by atoms with van der Waals surface area (Å²) in [5, 5.41) is 6.77. The van der Waals surface area contributed by atoms with Crippen molar-refractivity contribution in [2.75, 3.05) is 19.6 Å². The predicted molar refractivity (Wildman–Crippen MR) is 116 cm³/mol. The highest BCUT2D eigenvalue weighted by Gasteiger charge is 2.21. The number of amides is 1. The summed E-state index contributed by atoms with van der Waals surface area (Å²) < 4.78 is 29.8. The Hall–Kier alpha value is -2.75. The molecule has 0 radical (unpaired) electrons. The van der Waals surface area contributed by atoms with Crippen LogP contribution in [-0.4, -0.2) is 49.0 Å². The summed E-state index contributed by atoms with van der Waals surface area (Å²) in [6.45, 7) is 4.69. The summed E-state index contributed by atoms with van der Waals surface area (Å²) >= 11 is 5.79. The predicted octanol–water partition coefficient (Wildman–Crippen LogP) is 2.95. The average Bonchev–Trinajstić information content (AvgIpc) is 3.22. The molecule has 3 rings (SSSR count). The molecule has 1 heterocycles. The first-order chi connectivity index (χ1) is 14.9. The number of aromatic nitrogens is 2. The molecule has 0 fully saturated rings. The second-order valence-corrected chi connectivity index (χ2v) is 9.27. The smallest absolute Gasteiger partial charge is 0.315 e. The van der Waals surface area contributed by atoms with Crippen LogP contribution in [0.5, 0.6) is 0 Å². The molecule has 2 aromatic carbocycles. The SMILES string of the molecule is CCN(CCNC(=O)c1nc(CS(=O)(=O)c2ccc(Cl)cc2)no1)Cc1ccccc1. The minimum absolute atomic E-state index is 0.0839. The van der Waals surface area contributed by atoms with Crippen LogP contribution in [0, 0.1) is 0 Å². The van der Waals surface area contributed by atoms with Gasteiger partial charge in [-0.1, -0.05) is 54.0 Å². The first-order valence-electron chi connectivity index (χ1n) is 9.73. The highest BCUT2D eigenvalue weighted by atomic mass is 35.5. The summed E-state index contributed by atoms with van der Waals surface area (Å²) in [7, 11) is -3.69. The Labute approximate surface area is 186 Å². The van der Waals surface area contributed by atoms with Crippen LogP contribution in [0.4, 0.5) is 0 Å². The van der Waals surface area contributed by atoms with Gasteiger partial charge in [-0.3, -0.25) is 9.69 Å². The van der Waals surface area contributed by atoms with Gasteiger partial charge in [0.25, 0.3) is 0 Å². The first kappa shape index (κ1) is 22.9. The molecule has 0 saturated heterocycles. The number of nitrogens with zero attached hydrogens (tertiary/aromatic N) is 3. The summed E-state index contributed by atoms with van der Waals surface area (Å²) in [4.78, 5) is 18.5. The van der Waals surface area contributed by atoms with E-state index in [0.29, 0.717) is 18.1 Å². The van der Waals surface area contributed by atoms with Gasteiger partial charge in [-0.15, -0.1) is 0 Å². The zero-order valence-corrected chi connectivity index (χ0v) is 18.6. The Morgan fingerprint density at radius 1 is 1.13 bits per heavy atom. The molecular formula is C21H23ClN4O4S. The number of hydrogen-bond donors (Lipinski definition) is 1. The van der Waals surface area contributed by atoms with Gasteiger partial charge >= 0.3 is 11.8 Å². The van der Waals surface area contributed by atoms with Crippen molar-refractivity contribution in [1.82, 2.24) is 20.4 Å². The summed E-state index contributed by atoms with van der Waals surface area (Å²) in [6, 6.07) is 15.8. The average molecular weight is 463 g/mol. The van der Waals surface area contributed by atoms with Gasteiger partial charge in [-0.25, -0.2) is 8.42 Å². The fourth-order valence-corrected chi connectivity index (χ4v) is 4.19. The molecule has 3 aromatic rings. The Morgan fingerprint density at radius 3 is 2.52 bits per heavy atom. The largest absolute Gasteiger partial charge is 0.347 e. The zero-order valence-electron chi connectivity index (χ0n) is 17.0. The maximum atomic E-state index is 12.5. The van der Waals surface area contributed by atoms with Gasteiger partial charge in [0, 0.05) is 24.7 Å². The lowest BCUT2D eigenvalue weighted by atomic mass is 10.2. The summed E-state index contributed by atoms with van der Waals surface area (Å²) in [5.74, 6) is -1.38. The van der Waals surface area contributed by atoms with E-state index in [1.165, 1.54) is 29.8 Å². The molecule has 1 amide bonds. The molecule has 0 aliphatic carbocycles.